The maximum absolute atomic E-state index is 13.3. The number of nitrogens with zero attached hydrogens (tertiary/aromatic N) is 2. The molecule has 1 amide bonds. The van der Waals surface area contributed by atoms with Crippen molar-refractivity contribution < 1.29 is 9.53 Å². The van der Waals surface area contributed by atoms with Crippen molar-refractivity contribution >= 4 is 16.9 Å². The zero-order valence-corrected chi connectivity index (χ0v) is 17.5. The molecule has 0 spiro atoms. The van der Waals surface area contributed by atoms with Crippen LogP contribution < -0.4 is 10.1 Å². The maximum Gasteiger partial charge on any atom is 0.289 e. The van der Waals surface area contributed by atoms with Gasteiger partial charge < -0.3 is 19.9 Å². The second-order valence-electron chi connectivity index (χ2n) is 7.54. The Morgan fingerprint density at radius 1 is 1.23 bits per heavy atom. The fourth-order valence-electron chi connectivity index (χ4n) is 4.09. The van der Waals surface area contributed by atoms with Gasteiger partial charge in [0.25, 0.3) is 5.91 Å². The summed E-state index contributed by atoms with van der Waals surface area (Å²) < 4.78 is 5.38. The summed E-state index contributed by atoms with van der Waals surface area (Å²) in [6.45, 7) is 3.46. The second-order valence-corrected chi connectivity index (χ2v) is 7.54. The van der Waals surface area contributed by atoms with E-state index < -0.39 is 0 Å². The van der Waals surface area contributed by atoms with Crippen molar-refractivity contribution in [2.75, 3.05) is 13.7 Å². The molecule has 1 aromatic heterocycles. The lowest BCUT2D eigenvalue weighted by Crippen LogP contribution is -2.42. The molecule has 0 fully saturated rings. The third kappa shape index (κ3) is 4.17. The van der Waals surface area contributed by atoms with Crippen LogP contribution in [0.25, 0.3) is 11.0 Å². The molecule has 156 valence electrons. The van der Waals surface area contributed by atoms with Crippen LogP contribution in [-0.4, -0.2) is 40.5 Å². The number of allylic oxidation sites excluding steroid dienone is 1. The van der Waals surface area contributed by atoms with E-state index in [1.165, 1.54) is 11.3 Å². The summed E-state index contributed by atoms with van der Waals surface area (Å²) in [5.74, 6) is 0.966. The molecule has 6 nitrogen and oxygen atoms in total. The zero-order valence-electron chi connectivity index (χ0n) is 17.5. The number of fused-ring (bicyclic) bond motifs is 1. The molecule has 1 heterocycles. The van der Waals surface area contributed by atoms with E-state index in [0.717, 1.165) is 31.3 Å². The van der Waals surface area contributed by atoms with Gasteiger partial charge in [-0.15, -0.1) is 0 Å². The fraction of sp³-hybridized carbons (Fsp3) is 0.333. The van der Waals surface area contributed by atoms with Crippen LogP contribution in [0.2, 0.25) is 0 Å². The maximum atomic E-state index is 13.3. The first-order valence-electron chi connectivity index (χ1n) is 10.5. The monoisotopic (exact) mass is 404 g/mol. The molecule has 6 heteroatoms. The highest BCUT2D eigenvalue weighted by atomic mass is 16.5. The lowest BCUT2D eigenvalue weighted by Gasteiger charge is -2.33. The van der Waals surface area contributed by atoms with Gasteiger partial charge in [-0.2, -0.15) is 0 Å². The molecule has 2 aromatic carbocycles. The first kappa shape index (κ1) is 20.0. The second kappa shape index (κ2) is 9.03. The highest BCUT2D eigenvalue weighted by Gasteiger charge is 2.28. The molecular weight excluding hydrogens is 376 g/mol. The number of para-hydroxylation sites is 1. The SMILES string of the molecule is CCN(C(=O)c1nc2c(OC)cccc2[nH]1)C1CCC=C(NCc2ccccc2)C1. The molecule has 3 aromatic rings. The fourth-order valence-corrected chi connectivity index (χ4v) is 4.09. The van der Waals surface area contributed by atoms with Crippen molar-refractivity contribution in [1.29, 1.82) is 0 Å². The topological polar surface area (TPSA) is 70.2 Å². The molecule has 0 radical (unpaired) electrons. The third-order valence-electron chi connectivity index (χ3n) is 5.65. The number of carbonyl (C=O) groups is 1. The molecule has 0 saturated carbocycles. The van der Waals surface area contributed by atoms with E-state index in [0.29, 0.717) is 23.6 Å². The van der Waals surface area contributed by atoms with Gasteiger partial charge >= 0.3 is 0 Å². The lowest BCUT2D eigenvalue weighted by atomic mass is 9.97. The van der Waals surface area contributed by atoms with Crippen LogP contribution in [-0.2, 0) is 6.54 Å². The summed E-state index contributed by atoms with van der Waals surface area (Å²) in [7, 11) is 1.61. The summed E-state index contributed by atoms with van der Waals surface area (Å²) in [5.41, 5.74) is 3.95. The van der Waals surface area contributed by atoms with Gasteiger partial charge in [0.15, 0.2) is 5.82 Å². The van der Waals surface area contributed by atoms with Crippen molar-refractivity contribution in [2.45, 2.75) is 38.8 Å². The predicted octanol–water partition coefficient (Wildman–Crippen LogP) is 4.26. The van der Waals surface area contributed by atoms with Gasteiger partial charge in [0.1, 0.15) is 11.3 Å². The quantitative estimate of drug-likeness (QED) is 0.617. The van der Waals surface area contributed by atoms with Crippen molar-refractivity contribution in [3.8, 4) is 5.75 Å². The minimum absolute atomic E-state index is 0.0648. The van der Waals surface area contributed by atoms with E-state index in [2.05, 4.69) is 45.6 Å². The minimum atomic E-state index is -0.0648. The van der Waals surface area contributed by atoms with Gasteiger partial charge in [0, 0.05) is 31.2 Å². The Morgan fingerprint density at radius 3 is 2.83 bits per heavy atom. The smallest absolute Gasteiger partial charge is 0.289 e. The average Bonchev–Trinajstić information content (AvgIpc) is 3.24. The first-order chi connectivity index (χ1) is 14.7. The third-order valence-corrected chi connectivity index (χ3v) is 5.65. The molecule has 0 aliphatic heterocycles. The van der Waals surface area contributed by atoms with E-state index >= 15 is 0 Å². The number of benzene rings is 2. The standard InChI is InChI=1S/C24H28N4O2/c1-3-28(24(29)23-26-20-13-8-14-21(30-2)22(20)27-23)19-12-7-11-18(15-19)25-16-17-9-5-4-6-10-17/h4-6,8-11,13-14,19,25H,3,7,12,15-16H2,1-2H3,(H,26,27). The van der Waals surface area contributed by atoms with Crippen LogP contribution >= 0.6 is 0 Å². The molecule has 1 unspecified atom stereocenters. The van der Waals surface area contributed by atoms with Crippen molar-refractivity contribution in [3.63, 3.8) is 0 Å². The number of ether oxygens (including phenoxy) is 1. The van der Waals surface area contributed by atoms with E-state index in [9.17, 15) is 4.79 Å². The summed E-state index contributed by atoms with van der Waals surface area (Å²) >= 11 is 0. The molecule has 0 bridgehead atoms. The number of aromatic amines is 1. The highest BCUT2D eigenvalue weighted by molar-refractivity contribution is 5.95. The predicted molar refractivity (Wildman–Crippen MR) is 118 cm³/mol. The number of methoxy groups -OCH3 is 1. The molecule has 1 aliphatic rings. The van der Waals surface area contributed by atoms with Crippen LogP contribution in [0.3, 0.4) is 0 Å². The summed E-state index contributed by atoms with van der Waals surface area (Å²) in [6, 6.07) is 16.2. The van der Waals surface area contributed by atoms with Gasteiger partial charge in [0.05, 0.1) is 12.6 Å². The molecule has 4 rings (SSSR count). The molecule has 1 atom stereocenters. The Hall–Kier alpha value is -3.28. The van der Waals surface area contributed by atoms with Crippen LogP contribution in [0.1, 0.15) is 42.4 Å². The van der Waals surface area contributed by atoms with Gasteiger partial charge in [-0.1, -0.05) is 42.5 Å². The molecular formula is C24H28N4O2. The Balaban J connectivity index is 1.47. The Labute approximate surface area is 177 Å². The van der Waals surface area contributed by atoms with Crippen LogP contribution in [0.5, 0.6) is 5.75 Å². The van der Waals surface area contributed by atoms with Crippen LogP contribution in [0, 0.1) is 0 Å². The van der Waals surface area contributed by atoms with E-state index in [1.54, 1.807) is 7.11 Å². The molecule has 0 saturated heterocycles. The van der Waals surface area contributed by atoms with Crippen molar-refractivity contribution in [3.05, 3.63) is 71.7 Å². The highest BCUT2D eigenvalue weighted by Crippen LogP contribution is 2.26. The summed E-state index contributed by atoms with van der Waals surface area (Å²) in [4.78, 5) is 22.9. The van der Waals surface area contributed by atoms with Crippen LogP contribution in [0.4, 0.5) is 0 Å². The first-order valence-corrected chi connectivity index (χ1v) is 10.5. The molecule has 30 heavy (non-hydrogen) atoms. The molecule has 1 aliphatic carbocycles. The number of hydrogen-bond donors (Lipinski definition) is 2. The van der Waals surface area contributed by atoms with Crippen molar-refractivity contribution in [2.24, 2.45) is 0 Å². The largest absolute Gasteiger partial charge is 0.494 e. The molecule has 2 N–H and O–H groups in total. The summed E-state index contributed by atoms with van der Waals surface area (Å²) in [5, 5.41) is 3.55. The van der Waals surface area contributed by atoms with Gasteiger partial charge in [-0.05, 0) is 37.5 Å². The van der Waals surface area contributed by atoms with Gasteiger partial charge in [-0.25, -0.2) is 4.98 Å². The number of carbonyl (C=O) groups excluding carboxylic acids is 1. The number of nitrogens with one attached hydrogen (secondary N) is 2. The van der Waals surface area contributed by atoms with E-state index in [-0.39, 0.29) is 11.9 Å². The zero-order chi connectivity index (χ0) is 20.9. The number of amides is 1. The van der Waals surface area contributed by atoms with Gasteiger partial charge in [-0.3, -0.25) is 4.79 Å². The van der Waals surface area contributed by atoms with E-state index in [4.69, 9.17) is 4.74 Å². The van der Waals surface area contributed by atoms with Crippen molar-refractivity contribution in [1.82, 2.24) is 20.2 Å². The van der Waals surface area contributed by atoms with Gasteiger partial charge in [0.2, 0.25) is 0 Å². The van der Waals surface area contributed by atoms with E-state index in [1.807, 2.05) is 36.1 Å². The Kier molecular flexibility index (Phi) is 6.02. The minimum Gasteiger partial charge on any atom is -0.494 e. The lowest BCUT2D eigenvalue weighted by molar-refractivity contribution is 0.0663. The number of imidazole rings is 1. The van der Waals surface area contributed by atoms with Crippen LogP contribution in [0.15, 0.2) is 60.3 Å². The Morgan fingerprint density at radius 2 is 2.07 bits per heavy atom. The summed E-state index contributed by atoms with van der Waals surface area (Å²) in [6.07, 6.45) is 5.00. The normalized spacial score (nSPS) is 16.2. The number of aromatic nitrogens is 2. The Bertz CT molecular complexity index is 1040. The average molecular weight is 405 g/mol. The number of H-pyrrole nitrogens is 1. The number of hydrogen-bond acceptors (Lipinski definition) is 4. The number of rotatable bonds is 7.